The smallest absolute Gasteiger partial charge is 0.239 e. The van der Waals surface area contributed by atoms with Crippen LogP contribution in [0.5, 0.6) is 17.2 Å². The van der Waals surface area contributed by atoms with Crippen LogP contribution in [-0.2, 0) is 20.9 Å². The molecule has 9 nitrogen and oxygen atoms in total. The maximum atomic E-state index is 15.5. The van der Waals surface area contributed by atoms with Crippen molar-refractivity contribution < 1.29 is 34.1 Å². The Balaban J connectivity index is 1.40. The van der Waals surface area contributed by atoms with Crippen LogP contribution in [0.4, 0.5) is 0 Å². The molecule has 1 aliphatic heterocycles. The molecule has 4 aromatic carbocycles. The number of carbonyl (C=O) groups is 1. The second-order valence-electron chi connectivity index (χ2n) is 21.0. The number of nitrogens with zero attached hydrogens (tertiary/aromatic N) is 2. The zero-order chi connectivity index (χ0) is 50.2. The first-order chi connectivity index (χ1) is 34.5. The van der Waals surface area contributed by atoms with Gasteiger partial charge in [0, 0.05) is 49.0 Å². The highest BCUT2D eigenvalue weighted by atomic mass is 32.2. The highest BCUT2D eigenvalue weighted by molar-refractivity contribution is 7.98. The average molecular weight is 987 g/mol. The summed E-state index contributed by atoms with van der Waals surface area (Å²) in [5, 5.41) is 27.5. The molecule has 1 saturated carbocycles. The van der Waals surface area contributed by atoms with Gasteiger partial charge >= 0.3 is 0 Å². The highest BCUT2D eigenvalue weighted by Gasteiger charge is 2.65. The summed E-state index contributed by atoms with van der Waals surface area (Å²) < 4.78 is 21.6. The molecular formula is C61H82N2O7S. The maximum absolute atomic E-state index is 15.5. The van der Waals surface area contributed by atoms with E-state index in [9.17, 15) is 10.2 Å². The van der Waals surface area contributed by atoms with Crippen LogP contribution < -0.4 is 9.47 Å². The molecule has 1 heterocycles. The lowest BCUT2D eigenvalue weighted by atomic mass is 9.55. The molecule has 71 heavy (non-hydrogen) atoms. The number of aliphatic hydroxyl groups excluding tert-OH is 2. The van der Waals surface area contributed by atoms with Crippen molar-refractivity contribution in [1.82, 2.24) is 4.90 Å². The van der Waals surface area contributed by atoms with Gasteiger partial charge < -0.3 is 34.2 Å². The van der Waals surface area contributed by atoms with Crippen LogP contribution >= 0.6 is 11.8 Å². The van der Waals surface area contributed by atoms with Crippen molar-refractivity contribution in [3.05, 3.63) is 120 Å². The molecule has 10 heteroatoms. The van der Waals surface area contributed by atoms with E-state index < -0.39 is 23.3 Å². The Hall–Kier alpha value is -4.61. The molecule has 0 bridgehead atoms. The predicted molar refractivity (Wildman–Crippen MR) is 290 cm³/mol. The second-order valence-corrected chi connectivity index (χ2v) is 21.9. The Kier molecular flexibility index (Phi) is 20.1. The van der Waals surface area contributed by atoms with Gasteiger partial charge in [-0.2, -0.15) is 0 Å². The fourth-order valence-corrected chi connectivity index (χ4v) is 11.8. The summed E-state index contributed by atoms with van der Waals surface area (Å²) in [6, 6.07) is 28.5. The van der Waals surface area contributed by atoms with E-state index in [1.807, 2.05) is 45.0 Å². The summed E-state index contributed by atoms with van der Waals surface area (Å²) in [5.41, 5.74) is 3.32. The number of fused-ring (bicyclic) bond motifs is 3. The largest absolute Gasteiger partial charge is 0.459 e. The second kappa shape index (κ2) is 26.4. The number of hydrogen-bond donors (Lipinski definition) is 2. The van der Waals surface area contributed by atoms with E-state index in [-0.39, 0.29) is 43.5 Å². The number of ether oxygens (including phenoxy) is 3. The van der Waals surface area contributed by atoms with Gasteiger partial charge in [-0.25, -0.2) is 0 Å². The lowest BCUT2D eigenvalue weighted by Gasteiger charge is -2.60. The summed E-state index contributed by atoms with van der Waals surface area (Å²) in [6.45, 7) is 13.3. The van der Waals surface area contributed by atoms with Crippen molar-refractivity contribution in [3.63, 3.8) is 0 Å². The summed E-state index contributed by atoms with van der Waals surface area (Å²) in [7, 11) is 0. The number of aliphatic hydroxyl groups is 2. The summed E-state index contributed by atoms with van der Waals surface area (Å²) in [4.78, 5) is 25.2. The van der Waals surface area contributed by atoms with Gasteiger partial charge in [-0.05, 0) is 135 Å². The third kappa shape index (κ3) is 13.7. The third-order valence-corrected chi connectivity index (χ3v) is 15.5. The van der Waals surface area contributed by atoms with Gasteiger partial charge in [0.15, 0.2) is 0 Å². The van der Waals surface area contributed by atoms with Gasteiger partial charge in [0.2, 0.25) is 11.7 Å². The monoisotopic (exact) mass is 987 g/mol. The van der Waals surface area contributed by atoms with Crippen molar-refractivity contribution >= 4 is 34.2 Å². The Morgan fingerprint density at radius 3 is 2.25 bits per heavy atom. The number of hydrogen-bond acceptors (Lipinski definition) is 9. The first kappa shape index (κ1) is 54.2. The Labute approximate surface area is 429 Å². The fraction of sp³-hybridized carbons (Fsp3) is 0.541. The van der Waals surface area contributed by atoms with Crippen molar-refractivity contribution in [2.24, 2.45) is 22.9 Å². The molecule has 1 fully saturated rings. The number of benzene rings is 4. The van der Waals surface area contributed by atoms with Crippen LogP contribution in [0.2, 0.25) is 0 Å². The minimum Gasteiger partial charge on any atom is -0.459 e. The molecule has 6 atom stereocenters. The van der Waals surface area contributed by atoms with E-state index >= 15 is 4.79 Å². The third-order valence-electron chi connectivity index (χ3n) is 14.8. The fourth-order valence-electron chi connectivity index (χ4n) is 11.4. The summed E-state index contributed by atoms with van der Waals surface area (Å²) >= 11 is 1.69. The quantitative estimate of drug-likeness (QED) is 0.0251. The molecule has 2 N–H and O–H groups in total. The van der Waals surface area contributed by atoms with E-state index in [0.717, 1.165) is 88.8 Å². The molecule has 0 aromatic heterocycles. The lowest BCUT2D eigenvalue weighted by Crippen LogP contribution is -2.70. The van der Waals surface area contributed by atoms with Crippen LogP contribution in [-0.4, -0.2) is 70.2 Å². The van der Waals surface area contributed by atoms with Gasteiger partial charge in [0.05, 0.1) is 18.2 Å². The molecule has 4 aromatic rings. The van der Waals surface area contributed by atoms with Gasteiger partial charge in [-0.15, -0.1) is 18.3 Å². The van der Waals surface area contributed by atoms with Gasteiger partial charge in [-0.1, -0.05) is 131 Å². The number of allylic oxidation sites excluding steroid dienone is 1. The summed E-state index contributed by atoms with van der Waals surface area (Å²) in [6.07, 6.45) is 22.3. The lowest BCUT2D eigenvalue weighted by molar-refractivity contribution is -0.258. The molecule has 3 aliphatic rings. The molecule has 0 radical (unpaired) electrons. The molecule has 1 amide bonds. The number of amides is 1. The van der Waals surface area contributed by atoms with Gasteiger partial charge in [0.1, 0.15) is 28.9 Å². The molecule has 0 spiro atoms. The highest BCUT2D eigenvalue weighted by Crippen LogP contribution is 2.62. The number of oxime groups is 1. The normalized spacial score (nSPS) is 22.0. The molecule has 0 saturated heterocycles. The number of thioether (sulfide) groups is 1. The first-order valence-corrected chi connectivity index (χ1v) is 28.1. The molecule has 384 valence electrons. The zero-order valence-electron chi connectivity index (χ0n) is 43.4. The molecular weight excluding hydrogens is 905 g/mol. The van der Waals surface area contributed by atoms with Gasteiger partial charge in [-0.3, -0.25) is 4.79 Å². The standard InChI is InChI=1S/C61H82N2O7S/c1-7-9-10-11-12-13-14-15-16-30-57(66)63(43-46-27-23-26-44-24-17-18-28-50(44)46)56-42-54(62-70-60(3,4)5)52-40-45(25-19-21-37-64)51(29-20-22-38-65)58-53-41-48(68-47-31-34-49(71-6)35-32-47)33-36-55(53)69-61(56,59(52)58)67-39-8-2/h8,17-18,23-24,26-28,31-36,40-41,45,51,56,58-59,64-65H,2,7,9-16,19-22,25,29-30,37-39,42-43H2,1,3-6H3/t45-,51+,56-,58+,59+,61+/m0/s1. The number of carbonyl (C=O) groups excluding carboxylic acids is 1. The number of unbranched alkanes of at least 4 members (excludes halogenated alkanes) is 10. The Bertz CT molecular complexity index is 2390. The van der Waals surface area contributed by atoms with Gasteiger partial charge in [0.25, 0.3) is 0 Å². The Morgan fingerprint density at radius 2 is 1.55 bits per heavy atom. The van der Waals surface area contributed by atoms with Crippen molar-refractivity contribution in [2.75, 3.05) is 26.1 Å². The number of rotatable bonds is 28. The maximum Gasteiger partial charge on any atom is 0.239 e. The molecule has 7 rings (SSSR count). The van der Waals surface area contributed by atoms with Crippen LogP contribution in [0.15, 0.2) is 119 Å². The Morgan fingerprint density at radius 1 is 0.859 bits per heavy atom. The van der Waals surface area contributed by atoms with E-state index in [4.69, 9.17) is 24.2 Å². The van der Waals surface area contributed by atoms with Crippen molar-refractivity contribution in [2.45, 2.75) is 172 Å². The van der Waals surface area contributed by atoms with Crippen molar-refractivity contribution in [3.8, 4) is 17.2 Å². The first-order valence-electron chi connectivity index (χ1n) is 26.9. The van der Waals surface area contributed by atoms with E-state index in [1.54, 1.807) is 17.8 Å². The average Bonchev–Trinajstić information content (AvgIpc) is 3.37. The minimum absolute atomic E-state index is 0.0651. The predicted octanol–water partition coefficient (Wildman–Crippen LogP) is 14.7. The van der Waals surface area contributed by atoms with Crippen LogP contribution in [0.1, 0.15) is 154 Å². The SMILES string of the molecule is C=CCO[C@@]12Oc3ccc(Oc4ccc(SC)cc4)cc3[C@H]3[C@H](CCCCO)[C@@H](CCCCO)C=C(C(=NOC(C)(C)C)C[C@@H]1N(Cc1cccc4ccccc14)C(=O)CCCCCCCCCCC)[C@H]32. The summed E-state index contributed by atoms with van der Waals surface area (Å²) in [5.74, 6) is 0.470. The van der Waals surface area contributed by atoms with Crippen LogP contribution in [0, 0.1) is 17.8 Å². The zero-order valence-corrected chi connectivity index (χ0v) is 44.2. The van der Waals surface area contributed by atoms with E-state index in [2.05, 4.69) is 91.4 Å². The van der Waals surface area contributed by atoms with E-state index in [0.29, 0.717) is 43.7 Å². The topological polar surface area (TPSA) is 110 Å². The van der Waals surface area contributed by atoms with Crippen molar-refractivity contribution in [1.29, 1.82) is 0 Å². The molecule has 0 unspecified atom stereocenters. The van der Waals surface area contributed by atoms with Crippen LogP contribution in [0.3, 0.4) is 0 Å². The van der Waals surface area contributed by atoms with Crippen LogP contribution in [0.25, 0.3) is 10.8 Å². The molecule has 2 aliphatic carbocycles. The van der Waals surface area contributed by atoms with E-state index in [1.165, 1.54) is 38.5 Å². The minimum atomic E-state index is -1.36.